The van der Waals surface area contributed by atoms with Crippen molar-refractivity contribution in [3.63, 3.8) is 0 Å². The van der Waals surface area contributed by atoms with Crippen LogP contribution in [0.4, 0.5) is 4.39 Å². The number of carboxylic acids is 1. The molecule has 0 bridgehead atoms. The molecule has 1 saturated heterocycles. The first-order chi connectivity index (χ1) is 10.5. The number of carboxylic acid groups (broad SMARTS) is 1. The van der Waals surface area contributed by atoms with E-state index in [1.807, 2.05) is 0 Å². The molecule has 2 N–H and O–H groups in total. The van der Waals surface area contributed by atoms with E-state index in [2.05, 4.69) is 4.98 Å². The van der Waals surface area contributed by atoms with E-state index >= 15 is 0 Å². The number of H-pyrrole nitrogens is 1. The summed E-state index contributed by atoms with van der Waals surface area (Å²) in [5.41, 5.74) is 1.39. The molecule has 1 aromatic heterocycles. The second kappa shape index (κ2) is 5.76. The van der Waals surface area contributed by atoms with Gasteiger partial charge < -0.3 is 19.7 Å². The summed E-state index contributed by atoms with van der Waals surface area (Å²) in [4.78, 5) is 27.7. The van der Waals surface area contributed by atoms with Crippen LogP contribution in [0, 0.1) is 5.82 Å². The third kappa shape index (κ3) is 2.80. The molecule has 1 aliphatic rings. The van der Waals surface area contributed by atoms with E-state index in [4.69, 9.17) is 9.84 Å². The Morgan fingerprint density at radius 2 is 2.27 bits per heavy atom. The number of aromatic nitrogens is 1. The van der Waals surface area contributed by atoms with Crippen LogP contribution in [0.2, 0.25) is 0 Å². The number of carbonyl (C=O) groups excluding carboxylic acids is 1. The van der Waals surface area contributed by atoms with Crippen LogP contribution in [0.15, 0.2) is 24.4 Å². The summed E-state index contributed by atoms with van der Waals surface area (Å²) in [7, 11) is 0. The summed E-state index contributed by atoms with van der Waals surface area (Å²) in [5, 5.41) is 9.75. The highest BCUT2D eigenvalue weighted by Gasteiger charge is 2.29. The molecule has 1 amide bonds. The molecule has 0 aliphatic carbocycles. The lowest BCUT2D eigenvalue weighted by Crippen LogP contribution is -2.49. The first kappa shape index (κ1) is 14.5. The van der Waals surface area contributed by atoms with Gasteiger partial charge in [-0.15, -0.1) is 0 Å². The number of rotatable bonds is 3. The Balaban J connectivity index is 1.74. The summed E-state index contributed by atoms with van der Waals surface area (Å²) in [6.07, 6.45) is 0.838. The van der Waals surface area contributed by atoms with Gasteiger partial charge in [-0.05, 0) is 23.8 Å². The van der Waals surface area contributed by atoms with Crippen molar-refractivity contribution in [3.05, 3.63) is 35.8 Å². The largest absolute Gasteiger partial charge is 0.479 e. The van der Waals surface area contributed by atoms with Crippen molar-refractivity contribution in [2.75, 3.05) is 19.7 Å². The van der Waals surface area contributed by atoms with Crippen molar-refractivity contribution in [1.82, 2.24) is 9.88 Å². The number of hydrogen-bond donors (Lipinski definition) is 2. The number of halogens is 1. The molecule has 3 rings (SSSR count). The van der Waals surface area contributed by atoms with Crippen molar-refractivity contribution < 1.29 is 23.8 Å². The van der Waals surface area contributed by atoms with Crippen LogP contribution in [0.1, 0.15) is 5.56 Å². The molecule has 0 unspecified atom stereocenters. The average molecular weight is 306 g/mol. The normalized spacial score (nSPS) is 18.6. The SMILES string of the molecule is O=C(O)[C@@H]1CN(C(=O)Cc2c[nH]c3cc(F)ccc23)CCO1. The zero-order chi connectivity index (χ0) is 15.7. The van der Waals surface area contributed by atoms with E-state index in [0.717, 1.165) is 10.9 Å². The predicted octanol–water partition coefficient (Wildman–Crippen LogP) is 1.16. The molecule has 7 heteroatoms. The van der Waals surface area contributed by atoms with Crippen LogP contribution in [-0.2, 0) is 20.7 Å². The van der Waals surface area contributed by atoms with Crippen LogP contribution >= 0.6 is 0 Å². The number of carbonyl (C=O) groups is 2. The quantitative estimate of drug-likeness (QED) is 0.891. The molecule has 1 atom stereocenters. The topological polar surface area (TPSA) is 82.6 Å². The lowest BCUT2D eigenvalue weighted by atomic mass is 10.1. The molecule has 2 aromatic rings. The van der Waals surface area contributed by atoms with E-state index in [9.17, 15) is 14.0 Å². The number of fused-ring (bicyclic) bond motifs is 1. The van der Waals surface area contributed by atoms with Gasteiger partial charge in [-0.3, -0.25) is 4.79 Å². The molecule has 1 aliphatic heterocycles. The van der Waals surface area contributed by atoms with Crippen LogP contribution in [-0.4, -0.2) is 52.7 Å². The maximum atomic E-state index is 13.2. The Morgan fingerprint density at radius 1 is 1.45 bits per heavy atom. The molecule has 1 fully saturated rings. The molecule has 1 aromatic carbocycles. The van der Waals surface area contributed by atoms with Gasteiger partial charge in [0.25, 0.3) is 0 Å². The Kier molecular flexibility index (Phi) is 3.81. The minimum Gasteiger partial charge on any atom is -0.479 e. The van der Waals surface area contributed by atoms with Crippen molar-refractivity contribution in [2.45, 2.75) is 12.5 Å². The van der Waals surface area contributed by atoms with Gasteiger partial charge >= 0.3 is 5.97 Å². The Morgan fingerprint density at radius 3 is 3.05 bits per heavy atom. The fourth-order valence-corrected chi connectivity index (χ4v) is 2.60. The Labute approximate surface area is 125 Å². The third-order valence-corrected chi connectivity index (χ3v) is 3.77. The van der Waals surface area contributed by atoms with Crippen molar-refractivity contribution >= 4 is 22.8 Å². The van der Waals surface area contributed by atoms with Crippen molar-refractivity contribution in [2.24, 2.45) is 0 Å². The Bertz CT molecular complexity index is 727. The van der Waals surface area contributed by atoms with Gasteiger partial charge in [-0.25, -0.2) is 9.18 Å². The summed E-state index contributed by atoms with van der Waals surface area (Å²) < 4.78 is 18.3. The van der Waals surface area contributed by atoms with E-state index in [-0.39, 0.29) is 31.3 Å². The molecule has 0 spiro atoms. The number of aliphatic carboxylic acids is 1. The summed E-state index contributed by atoms with van der Waals surface area (Å²) in [6, 6.07) is 4.35. The molecule has 2 heterocycles. The molecule has 0 saturated carbocycles. The number of hydrogen-bond acceptors (Lipinski definition) is 3. The minimum atomic E-state index is -1.07. The van der Waals surface area contributed by atoms with Gasteiger partial charge in [0.05, 0.1) is 19.6 Å². The smallest absolute Gasteiger partial charge is 0.334 e. The number of ether oxygens (including phenoxy) is 1. The first-order valence-electron chi connectivity index (χ1n) is 6.92. The van der Waals surface area contributed by atoms with Crippen molar-refractivity contribution in [1.29, 1.82) is 0 Å². The average Bonchev–Trinajstić information content (AvgIpc) is 2.89. The summed E-state index contributed by atoms with van der Waals surface area (Å²) in [6.45, 7) is 0.631. The zero-order valence-corrected chi connectivity index (χ0v) is 11.7. The zero-order valence-electron chi connectivity index (χ0n) is 11.7. The van der Waals surface area contributed by atoms with E-state index in [1.54, 1.807) is 12.3 Å². The maximum absolute atomic E-state index is 13.2. The number of aromatic amines is 1. The van der Waals surface area contributed by atoms with Gasteiger partial charge in [0.1, 0.15) is 5.82 Å². The van der Waals surface area contributed by atoms with Gasteiger partial charge in [-0.1, -0.05) is 0 Å². The molecule has 22 heavy (non-hydrogen) atoms. The molecule has 0 radical (unpaired) electrons. The number of amides is 1. The molecular formula is C15H15FN2O4. The third-order valence-electron chi connectivity index (χ3n) is 3.77. The minimum absolute atomic E-state index is 0.0468. The highest BCUT2D eigenvalue weighted by atomic mass is 19.1. The van der Waals surface area contributed by atoms with E-state index < -0.39 is 12.1 Å². The Hall–Kier alpha value is -2.41. The monoisotopic (exact) mass is 306 g/mol. The van der Waals surface area contributed by atoms with Gasteiger partial charge in [0.15, 0.2) is 6.10 Å². The van der Waals surface area contributed by atoms with Gasteiger partial charge in [0, 0.05) is 23.6 Å². The predicted molar refractivity (Wildman–Crippen MR) is 75.9 cm³/mol. The summed E-state index contributed by atoms with van der Waals surface area (Å²) >= 11 is 0. The van der Waals surface area contributed by atoms with Gasteiger partial charge in [-0.2, -0.15) is 0 Å². The lowest BCUT2D eigenvalue weighted by Gasteiger charge is -2.30. The lowest BCUT2D eigenvalue weighted by molar-refractivity contribution is -0.159. The fourth-order valence-electron chi connectivity index (χ4n) is 2.60. The standard InChI is InChI=1S/C15H15FN2O4/c16-10-1-2-11-9(7-17-12(11)6-10)5-14(19)18-3-4-22-13(8-18)15(20)21/h1-2,6-7,13,17H,3-5,8H2,(H,20,21)/t13-/m0/s1. The van der Waals surface area contributed by atoms with E-state index in [1.165, 1.54) is 17.0 Å². The number of morpholine rings is 1. The second-order valence-electron chi connectivity index (χ2n) is 5.22. The molecular weight excluding hydrogens is 291 g/mol. The number of nitrogens with zero attached hydrogens (tertiary/aromatic N) is 1. The molecule has 6 nitrogen and oxygen atoms in total. The first-order valence-corrected chi connectivity index (χ1v) is 6.92. The van der Waals surface area contributed by atoms with E-state index in [0.29, 0.717) is 12.1 Å². The highest BCUT2D eigenvalue weighted by molar-refractivity contribution is 5.89. The van der Waals surface area contributed by atoms with Crippen LogP contribution < -0.4 is 0 Å². The van der Waals surface area contributed by atoms with Gasteiger partial charge in [0.2, 0.25) is 5.91 Å². The van der Waals surface area contributed by atoms with Crippen LogP contribution in [0.25, 0.3) is 10.9 Å². The fraction of sp³-hybridized carbons (Fsp3) is 0.333. The van der Waals surface area contributed by atoms with Crippen LogP contribution in [0.3, 0.4) is 0 Å². The molecule has 116 valence electrons. The maximum Gasteiger partial charge on any atom is 0.334 e. The number of nitrogens with one attached hydrogen (secondary N) is 1. The van der Waals surface area contributed by atoms with Crippen molar-refractivity contribution in [3.8, 4) is 0 Å². The second-order valence-corrected chi connectivity index (χ2v) is 5.22. The number of benzene rings is 1. The highest BCUT2D eigenvalue weighted by Crippen LogP contribution is 2.20. The van der Waals surface area contributed by atoms with Crippen LogP contribution in [0.5, 0.6) is 0 Å². The summed E-state index contributed by atoms with van der Waals surface area (Å²) in [5.74, 6) is -1.58.